The lowest BCUT2D eigenvalue weighted by Crippen LogP contribution is -2.32. The predicted molar refractivity (Wildman–Crippen MR) is 92.8 cm³/mol. The van der Waals surface area contributed by atoms with Gasteiger partial charge in [0.05, 0.1) is 7.11 Å². The summed E-state index contributed by atoms with van der Waals surface area (Å²) in [6.45, 7) is 5.06. The molecule has 126 valence electrons. The first-order chi connectivity index (χ1) is 11.2. The minimum atomic E-state index is 0.226. The largest absolute Gasteiger partial charge is 0.497 e. The summed E-state index contributed by atoms with van der Waals surface area (Å²) in [7, 11) is 1.70. The fourth-order valence-corrected chi connectivity index (χ4v) is 3.50. The van der Waals surface area contributed by atoms with Gasteiger partial charge >= 0.3 is 0 Å². The summed E-state index contributed by atoms with van der Waals surface area (Å²) in [4.78, 5) is 14.4. The third kappa shape index (κ3) is 4.40. The number of methoxy groups -OCH3 is 1. The van der Waals surface area contributed by atoms with Gasteiger partial charge in [-0.1, -0.05) is 13.0 Å². The molecule has 0 aromatic heterocycles. The number of ether oxygens (including phenoxy) is 1. The summed E-state index contributed by atoms with van der Waals surface area (Å²) in [5.41, 5.74) is 1.21. The number of carbonyl (C=O) groups excluding carboxylic acids is 1. The summed E-state index contributed by atoms with van der Waals surface area (Å²) in [5.74, 6) is 3.02. The Hall–Kier alpha value is -1.71. The molecule has 2 fully saturated rings. The van der Waals surface area contributed by atoms with E-state index >= 15 is 0 Å². The van der Waals surface area contributed by atoms with E-state index < -0.39 is 0 Å². The zero-order valence-electron chi connectivity index (χ0n) is 14.3. The van der Waals surface area contributed by atoms with Gasteiger partial charge in [0.15, 0.2) is 0 Å². The highest BCUT2D eigenvalue weighted by atomic mass is 16.5. The van der Waals surface area contributed by atoms with E-state index in [0.717, 1.165) is 37.7 Å². The maximum Gasteiger partial charge on any atom is 0.220 e. The Morgan fingerprint density at radius 3 is 2.96 bits per heavy atom. The standard InChI is InChI=1S/C19H28N2O2/c1-14(16-6-7-16)10-19(22)20-12-15-8-9-21(13-15)17-4-3-5-18(11-17)23-2/h3-5,11,14-16H,6-10,12-13H2,1-2H3,(H,20,22)/t14-,15-/m1/s1. The van der Waals surface area contributed by atoms with Crippen LogP contribution in [0.25, 0.3) is 0 Å². The summed E-state index contributed by atoms with van der Waals surface area (Å²) >= 11 is 0. The highest BCUT2D eigenvalue weighted by Gasteiger charge is 2.29. The predicted octanol–water partition coefficient (Wildman–Crippen LogP) is 3.07. The van der Waals surface area contributed by atoms with Crippen molar-refractivity contribution < 1.29 is 9.53 Å². The summed E-state index contributed by atoms with van der Waals surface area (Å²) in [6.07, 6.45) is 4.45. The van der Waals surface area contributed by atoms with Crippen LogP contribution >= 0.6 is 0 Å². The topological polar surface area (TPSA) is 41.6 Å². The van der Waals surface area contributed by atoms with Crippen molar-refractivity contribution in [1.29, 1.82) is 0 Å². The Morgan fingerprint density at radius 2 is 2.22 bits per heavy atom. The van der Waals surface area contributed by atoms with Crippen LogP contribution in [-0.4, -0.2) is 32.7 Å². The van der Waals surface area contributed by atoms with Crippen molar-refractivity contribution in [3.63, 3.8) is 0 Å². The molecule has 23 heavy (non-hydrogen) atoms. The molecule has 0 bridgehead atoms. The van der Waals surface area contributed by atoms with Crippen LogP contribution in [0.15, 0.2) is 24.3 Å². The van der Waals surface area contributed by atoms with E-state index in [9.17, 15) is 4.79 Å². The van der Waals surface area contributed by atoms with Crippen molar-refractivity contribution in [1.82, 2.24) is 5.32 Å². The number of hydrogen-bond acceptors (Lipinski definition) is 3. The van der Waals surface area contributed by atoms with Crippen molar-refractivity contribution in [3.05, 3.63) is 24.3 Å². The molecule has 1 saturated carbocycles. The van der Waals surface area contributed by atoms with Crippen LogP contribution in [0.4, 0.5) is 5.69 Å². The number of nitrogens with one attached hydrogen (secondary N) is 1. The van der Waals surface area contributed by atoms with E-state index in [-0.39, 0.29) is 5.91 Å². The molecule has 2 atom stereocenters. The first-order valence-corrected chi connectivity index (χ1v) is 8.81. The molecular weight excluding hydrogens is 288 g/mol. The van der Waals surface area contributed by atoms with Gasteiger partial charge in [0, 0.05) is 37.8 Å². The number of amides is 1. The lowest BCUT2D eigenvalue weighted by atomic mass is 10.0. The smallest absolute Gasteiger partial charge is 0.220 e. The van der Waals surface area contributed by atoms with E-state index in [2.05, 4.69) is 29.3 Å². The lowest BCUT2D eigenvalue weighted by molar-refractivity contribution is -0.122. The second-order valence-corrected chi connectivity index (χ2v) is 7.13. The van der Waals surface area contributed by atoms with Crippen molar-refractivity contribution in [2.24, 2.45) is 17.8 Å². The second kappa shape index (κ2) is 7.24. The van der Waals surface area contributed by atoms with Crippen LogP contribution in [0.2, 0.25) is 0 Å². The third-order valence-corrected chi connectivity index (χ3v) is 5.23. The summed E-state index contributed by atoms with van der Waals surface area (Å²) in [5, 5.41) is 3.14. The molecule has 1 aliphatic heterocycles. The Balaban J connectivity index is 1.43. The Bertz CT molecular complexity index is 542. The van der Waals surface area contributed by atoms with Crippen molar-refractivity contribution in [2.45, 2.75) is 32.6 Å². The fourth-order valence-electron chi connectivity index (χ4n) is 3.50. The van der Waals surface area contributed by atoms with E-state index in [0.29, 0.717) is 18.3 Å². The number of hydrogen-bond donors (Lipinski definition) is 1. The molecule has 1 aliphatic carbocycles. The average Bonchev–Trinajstić information content (AvgIpc) is 3.31. The summed E-state index contributed by atoms with van der Waals surface area (Å²) < 4.78 is 5.30. The molecule has 4 nitrogen and oxygen atoms in total. The van der Waals surface area contributed by atoms with Crippen LogP contribution in [0.1, 0.15) is 32.6 Å². The SMILES string of the molecule is COc1cccc(N2CC[C@H](CNC(=O)C[C@@H](C)C3CC3)C2)c1. The van der Waals surface area contributed by atoms with Crippen molar-refractivity contribution >= 4 is 11.6 Å². The van der Waals surface area contributed by atoms with E-state index in [1.165, 1.54) is 18.5 Å². The van der Waals surface area contributed by atoms with Gasteiger partial charge in [0.1, 0.15) is 5.75 Å². The number of carbonyl (C=O) groups is 1. The molecule has 1 amide bonds. The van der Waals surface area contributed by atoms with Gasteiger partial charge in [0.2, 0.25) is 5.91 Å². The second-order valence-electron chi connectivity index (χ2n) is 7.13. The molecule has 1 N–H and O–H groups in total. The molecule has 0 spiro atoms. The van der Waals surface area contributed by atoms with E-state index in [1.54, 1.807) is 7.11 Å². The molecule has 2 aliphatic rings. The monoisotopic (exact) mass is 316 g/mol. The summed E-state index contributed by atoms with van der Waals surface area (Å²) in [6, 6.07) is 8.21. The van der Waals surface area contributed by atoms with Crippen molar-refractivity contribution in [2.75, 3.05) is 31.6 Å². The lowest BCUT2D eigenvalue weighted by Gasteiger charge is -2.19. The Labute approximate surface area is 139 Å². The highest BCUT2D eigenvalue weighted by Crippen LogP contribution is 2.38. The number of nitrogens with zero attached hydrogens (tertiary/aromatic N) is 1. The number of benzene rings is 1. The first kappa shape index (κ1) is 16.2. The molecule has 4 heteroatoms. The quantitative estimate of drug-likeness (QED) is 0.840. The Kier molecular flexibility index (Phi) is 5.09. The van der Waals surface area contributed by atoms with E-state index in [1.807, 2.05) is 12.1 Å². The van der Waals surface area contributed by atoms with Crippen molar-refractivity contribution in [3.8, 4) is 5.75 Å². The van der Waals surface area contributed by atoms with E-state index in [4.69, 9.17) is 4.74 Å². The van der Waals surface area contributed by atoms with Crippen LogP contribution in [-0.2, 0) is 4.79 Å². The highest BCUT2D eigenvalue weighted by molar-refractivity contribution is 5.76. The van der Waals surface area contributed by atoms with Gasteiger partial charge in [0.25, 0.3) is 0 Å². The molecule has 1 aromatic carbocycles. The third-order valence-electron chi connectivity index (χ3n) is 5.23. The molecule has 1 aromatic rings. The zero-order valence-corrected chi connectivity index (χ0v) is 14.3. The molecular formula is C19H28N2O2. The fraction of sp³-hybridized carbons (Fsp3) is 0.632. The molecule has 3 rings (SSSR count). The molecule has 1 heterocycles. The van der Waals surface area contributed by atoms with Crippen LogP contribution < -0.4 is 15.0 Å². The van der Waals surface area contributed by atoms with Gasteiger partial charge in [-0.3, -0.25) is 4.79 Å². The van der Waals surface area contributed by atoms with Gasteiger partial charge in [-0.25, -0.2) is 0 Å². The van der Waals surface area contributed by atoms with Gasteiger partial charge in [-0.05, 0) is 49.1 Å². The maximum absolute atomic E-state index is 12.0. The minimum Gasteiger partial charge on any atom is -0.497 e. The molecule has 1 saturated heterocycles. The average molecular weight is 316 g/mol. The molecule has 0 radical (unpaired) electrons. The van der Waals surface area contributed by atoms with Gasteiger partial charge < -0.3 is 15.0 Å². The molecule has 0 unspecified atom stereocenters. The van der Waals surface area contributed by atoms with Gasteiger partial charge in [-0.15, -0.1) is 0 Å². The normalized spacial score (nSPS) is 22.0. The number of anilines is 1. The first-order valence-electron chi connectivity index (χ1n) is 8.81. The van der Waals surface area contributed by atoms with Gasteiger partial charge in [-0.2, -0.15) is 0 Å². The number of rotatable bonds is 7. The van der Waals surface area contributed by atoms with Crippen LogP contribution in [0.5, 0.6) is 5.75 Å². The van der Waals surface area contributed by atoms with Crippen LogP contribution in [0.3, 0.4) is 0 Å². The maximum atomic E-state index is 12.0. The zero-order chi connectivity index (χ0) is 16.2. The minimum absolute atomic E-state index is 0.226. The van der Waals surface area contributed by atoms with Crippen LogP contribution in [0, 0.1) is 17.8 Å². The Morgan fingerprint density at radius 1 is 1.39 bits per heavy atom.